The van der Waals surface area contributed by atoms with Crippen molar-refractivity contribution in [2.45, 2.75) is 13.8 Å². The Labute approximate surface area is 136 Å². The van der Waals surface area contributed by atoms with E-state index in [1.807, 2.05) is 0 Å². The number of nitrogens with zero attached hydrogens (tertiary/aromatic N) is 2. The quantitative estimate of drug-likeness (QED) is 0.792. The highest BCUT2D eigenvalue weighted by Gasteiger charge is 2.17. The number of rotatable bonds is 4. The Morgan fingerprint density at radius 3 is 2.42 bits per heavy atom. The lowest BCUT2D eigenvalue weighted by atomic mass is 10.2. The lowest BCUT2D eigenvalue weighted by molar-refractivity contribution is -0.119. The molecule has 0 spiro atoms. The molecular weight excluding hydrogens is 318 g/mol. The molecule has 0 fully saturated rings. The summed E-state index contributed by atoms with van der Waals surface area (Å²) >= 11 is 0. The van der Waals surface area contributed by atoms with Gasteiger partial charge in [-0.25, -0.2) is 9.59 Å². The van der Waals surface area contributed by atoms with Crippen molar-refractivity contribution in [1.82, 2.24) is 9.13 Å². The molecule has 128 valence electrons. The van der Waals surface area contributed by atoms with Crippen LogP contribution in [0.15, 0.2) is 26.1 Å². The summed E-state index contributed by atoms with van der Waals surface area (Å²) in [5, 5.41) is 2.36. The van der Waals surface area contributed by atoms with Crippen LogP contribution >= 0.6 is 0 Å². The molecule has 0 saturated heterocycles. The van der Waals surface area contributed by atoms with Gasteiger partial charge in [-0.3, -0.25) is 18.7 Å². The van der Waals surface area contributed by atoms with Crippen LogP contribution in [0.4, 0.5) is 5.82 Å². The summed E-state index contributed by atoms with van der Waals surface area (Å²) in [6, 6.07) is 2.62. The Balaban J connectivity index is 2.04. The number of anilines is 1. The van der Waals surface area contributed by atoms with Gasteiger partial charge in [0.25, 0.3) is 11.5 Å². The predicted octanol–water partition coefficient (Wildman–Crippen LogP) is 0.0893. The molecule has 0 radical (unpaired) electrons. The average Bonchev–Trinajstić information content (AvgIpc) is 2.86. The molecule has 0 saturated carbocycles. The summed E-state index contributed by atoms with van der Waals surface area (Å²) in [6.07, 6.45) is 0. The van der Waals surface area contributed by atoms with Crippen LogP contribution < -0.4 is 16.6 Å². The molecule has 0 unspecified atom stereocenters. The third-order valence-corrected chi connectivity index (χ3v) is 3.39. The number of ether oxygens (including phenoxy) is 1. The zero-order chi connectivity index (χ0) is 18.0. The van der Waals surface area contributed by atoms with E-state index in [1.165, 1.54) is 20.2 Å². The molecule has 0 bridgehead atoms. The van der Waals surface area contributed by atoms with Crippen LogP contribution in [0.2, 0.25) is 0 Å². The minimum absolute atomic E-state index is 0.0134. The van der Waals surface area contributed by atoms with Crippen LogP contribution in [0, 0.1) is 13.8 Å². The van der Waals surface area contributed by atoms with E-state index >= 15 is 0 Å². The van der Waals surface area contributed by atoms with Gasteiger partial charge < -0.3 is 14.5 Å². The average molecular weight is 335 g/mol. The second kappa shape index (κ2) is 6.57. The Kier molecular flexibility index (Phi) is 4.72. The molecule has 0 aliphatic heterocycles. The number of esters is 1. The molecule has 24 heavy (non-hydrogen) atoms. The summed E-state index contributed by atoms with van der Waals surface area (Å²) in [5.74, 6) is -0.410. The number of carbonyl (C=O) groups excluding carboxylic acids is 2. The van der Waals surface area contributed by atoms with Crippen LogP contribution in [0.3, 0.4) is 0 Å². The van der Waals surface area contributed by atoms with Crippen LogP contribution in [-0.4, -0.2) is 27.6 Å². The van der Waals surface area contributed by atoms with E-state index in [0.29, 0.717) is 11.5 Å². The van der Waals surface area contributed by atoms with Crippen molar-refractivity contribution >= 4 is 17.7 Å². The molecular formula is C15H17N3O6. The highest BCUT2D eigenvalue weighted by atomic mass is 16.5. The van der Waals surface area contributed by atoms with Gasteiger partial charge in [-0.05, 0) is 19.9 Å². The highest BCUT2D eigenvalue weighted by Crippen LogP contribution is 2.14. The smallest absolute Gasteiger partial charge is 0.342 e. The van der Waals surface area contributed by atoms with Crippen molar-refractivity contribution in [3.63, 3.8) is 0 Å². The standard InChI is InChI=1S/C15H17N3O6/c1-8-5-10(9(2)24-8)14(21)23-7-12(19)16-11-6-13(20)18(4)15(22)17(11)3/h5-6H,7H2,1-4H3,(H,16,19). The SMILES string of the molecule is Cc1cc(C(=O)OCC(=O)Nc2cc(=O)n(C)c(=O)n2C)c(C)o1. The second-order valence-corrected chi connectivity index (χ2v) is 5.22. The van der Waals surface area contributed by atoms with E-state index in [2.05, 4.69) is 5.32 Å². The van der Waals surface area contributed by atoms with Crippen molar-refractivity contribution in [3.05, 3.63) is 50.1 Å². The van der Waals surface area contributed by atoms with Crippen molar-refractivity contribution < 1.29 is 18.7 Å². The van der Waals surface area contributed by atoms with E-state index in [4.69, 9.17) is 9.15 Å². The van der Waals surface area contributed by atoms with Gasteiger partial charge in [0.15, 0.2) is 6.61 Å². The first-order valence-corrected chi connectivity index (χ1v) is 7.01. The molecule has 2 rings (SSSR count). The van der Waals surface area contributed by atoms with Crippen molar-refractivity contribution in [3.8, 4) is 0 Å². The number of carbonyl (C=O) groups is 2. The molecule has 2 heterocycles. The van der Waals surface area contributed by atoms with Gasteiger partial charge in [-0.15, -0.1) is 0 Å². The first-order valence-electron chi connectivity index (χ1n) is 7.01. The molecule has 0 aliphatic carbocycles. The molecule has 1 amide bonds. The fraction of sp³-hybridized carbons (Fsp3) is 0.333. The monoisotopic (exact) mass is 335 g/mol. The Morgan fingerprint density at radius 1 is 1.17 bits per heavy atom. The van der Waals surface area contributed by atoms with E-state index in [0.717, 1.165) is 15.2 Å². The Morgan fingerprint density at radius 2 is 1.83 bits per heavy atom. The maximum Gasteiger partial charge on any atom is 0.342 e. The lowest BCUT2D eigenvalue weighted by Gasteiger charge is -2.10. The van der Waals surface area contributed by atoms with Gasteiger partial charge in [-0.1, -0.05) is 0 Å². The number of hydrogen-bond acceptors (Lipinski definition) is 6. The van der Waals surface area contributed by atoms with E-state index in [9.17, 15) is 19.2 Å². The van der Waals surface area contributed by atoms with Gasteiger partial charge in [0, 0.05) is 20.2 Å². The first kappa shape index (κ1) is 17.3. The normalized spacial score (nSPS) is 10.5. The minimum atomic E-state index is -0.697. The second-order valence-electron chi connectivity index (χ2n) is 5.22. The Hall–Kier alpha value is -3.10. The lowest BCUT2D eigenvalue weighted by Crippen LogP contribution is -2.38. The number of furan rings is 1. The summed E-state index contributed by atoms with van der Waals surface area (Å²) in [4.78, 5) is 47.1. The van der Waals surface area contributed by atoms with Crippen molar-refractivity contribution in [2.75, 3.05) is 11.9 Å². The summed E-state index contributed by atoms with van der Waals surface area (Å²) in [5.41, 5.74) is -0.907. The van der Waals surface area contributed by atoms with Gasteiger partial charge in [-0.2, -0.15) is 0 Å². The summed E-state index contributed by atoms with van der Waals surface area (Å²) in [6.45, 7) is 2.73. The fourth-order valence-electron chi connectivity index (χ4n) is 2.07. The van der Waals surface area contributed by atoms with Crippen LogP contribution in [-0.2, 0) is 23.6 Å². The predicted molar refractivity (Wildman–Crippen MR) is 84.0 cm³/mol. The molecule has 1 N–H and O–H groups in total. The molecule has 2 aromatic rings. The van der Waals surface area contributed by atoms with Gasteiger partial charge in [0.05, 0.1) is 0 Å². The topological polar surface area (TPSA) is 113 Å². The van der Waals surface area contributed by atoms with Crippen molar-refractivity contribution in [2.24, 2.45) is 14.1 Å². The maximum atomic E-state index is 11.9. The third-order valence-electron chi connectivity index (χ3n) is 3.39. The molecule has 9 nitrogen and oxygen atoms in total. The van der Waals surface area contributed by atoms with E-state index in [1.54, 1.807) is 13.8 Å². The number of nitrogens with one attached hydrogen (secondary N) is 1. The number of hydrogen-bond donors (Lipinski definition) is 1. The Bertz CT molecular complexity index is 918. The number of aromatic nitrogens is 2. The van der Waals surface area contributed by atoms with Crippen LogP contribution in [0.1, 0.15) is 21.9 Å². The molecule has 9 heteroatoms. The largest absolute Gasteiger partial charge is 0.466 e. The maximum absolute atomic E-state index is 11.9. The zero-order valence-electron chi connectivity index (χ0n) is 13.7. The summed E-state index contributed by atoms with van der Waals surface area (Å²) < 4.78 is 12.1. The molecule has 0 aliphatic rings. The van der Waals surface area contributed by atoms with Crippen LogP contribution in [0.25, 0.3) is 0 Å². The fourth-order valence-corrected chi connectivity index (χ4v) is 2.07. The third kappa shape index (κ3) is 3.45. The van der Waals surface area contributed by atoms with Gasteiger partial charge in [0.2, 0.25) is 0 Å². The molecule has 0 aromatic carbocycles. The van der Waals surface area contributed by atoms with Gasteiger partial charge in [0.1, 0.15) is 22.9 Å². The van der Waals surface area contributed by atoms with Gasteiger partial charge >= 0.3 is 11.7 Å². The first-order chi connectivity index (χ1) is 11.2. The molecule has 2 aromatic heterocycles. The number of aryl methyl sites for hydroxylation is 2. The highest BCUT2D eigenvalue weighted by molar-refractivity contribution is 5.95. The minimum Gasteiger partial charge on any atom is -0.466 e. The van der Waals surface area contributed by atoms with Crippen LogP contribution in [0.5, 0.6) is 0 Å². The van der Waals surface area contributed by atoms with Crippen molar-refractivity contribution in [1.29, 1.82) is 0 Å². The zero-order valence-corrected chi connectivity index (χ0v) is 13.7. The van der Waals surface area contributed by atoms with E-state index in [-0.39, 0.29) is 11.4 Å². The molecule has 0 atom stereocenters. The summed E-state index contributed by atoms with van der Waals surface area (Å²) in [7, 11) is 2.73. The van der Waals surface area contributed by atoms with E-state index < -0.39 is 29.7 Å². The number of amides is 1.